The van der Waals surface area contributed by atoms with Gasteiger partial charge in [-0.1, -0.05) is 5.16 Å². The molecule has 0 saturated carbocycles. The van der Waals surface area contributed by atoms with Crippen LogP contribution in [0, 0.1) is 0 Å². The highest BCUT2D eigenvalue weighted by atomic mass is 16.7. The molecule has 1 aliphatic heterocycles. The van der Waals surface area contributed by atoms with Gasteiger partial charge < -0.3 is 24.8 Å². The molecular formula is C14H19N3O5. The largest absolute Gasteiger partial charge is 0.493 e. The molecule has 1 amide bonds. The Bertz CT molecular complexity index is 555. The van der Waals surface area contributed by atoms with Gasteiger partial charge in [0.25, 0.3) is 0 Å². The van der Waals surface area contributed by atoms with Crippen LogP contribution in [-0.2, 0) is 9.57 Å². The number of morpholine rings is 1. The van der Waals surface area contributed by atoms with Crippen molar-refractivity contribution in [1.29, 1.82) is 0 Å². The van der Waals surface area contributed by atoms with Crippen LogP contribution in [0.5, 0.6) is 11.5 Å². The first-order valence-corrected chi connectivity index (χ1v) is 6.75. The number of ether oxygens (including phenoxy) is 3. The molecule has 0 unspecified atom stereocenters. The van der Waals surface area contributed by atoms with Gasteiger partial charge in [-0.2, -0.15) is 0 Å². The molecule has 0 atom stereocenters. The molecule has 0 bridgehead atoms. The fourth-order valence-corrected chi connectivity index (χ4v) is 1.94. The Kier molecular flexibility index (Phi) is 5.42. The van der Waals surface area contributed by atoms with E-state index in [1.165, 1.54) is 12.0 Å². The molecule has 1 aromatic carbocycles. The number of rotatable bonds is 4. The van der Waals surface area contributed by atoms with E-state index in [0.29, 0.717) is 43.4 Å². The minimum Gasteiger partial charge on any atom is -0.493 e. The van der Waals surface area contributed by atoms with Crippen LogP contribution in [0.3, 0.4) is 0 Å². The molecule has 1 heterocycles. The summed E-state index contributed by atoms with van der Waals surface area (Å²) in [7, 11) is 3.06. The van der Waals surface area contributed by atoms with Crippen LogP contribution in [-0.4, -0.2) is 57.4 Å². The van der Waals surface area contributed by atoms with Crippen LogP contribution in [0.2, 0.25) is 0 Å². The molecule has 0 aliphatic carbocycles. The van der Waals surface area contributed by atoms with Gasteiger partial charge in [-0.25, -0.2) is 4.79 Å². The Labute approximate surface area is 128 Å². The van der Waals surface area contributed by atoms with Gasteiger partial charge in [0.2, 0.25) is 0 Å². The van der Waals surface area contributed by atoms with E-state index in [9.17, 15) is 4.79 Å². The highest BCUT2D eigenvalue weighted by molar-refractivity contribution is 5.98. The predicted molar refractivity (Wildman–Crippen MR) is 79.1 cm³/mol. The maximum Gasteiger partial charge on any atom is 0.436 e. The Balaban J connectivity index is 2.03. The molecular weight excluding hydrogens is 290 g/mol. The number of amides is 1. The van der Waals surface area contributed by atoms with Gasteiger partial charge in [0, 0.05) is 18.7 Å². The minimum absolute atomic E-state index is 0.0718. The Morgan fingerprint density at radius 2 is 1.91 bits per heavy atom. The van der Waals surface area contributed by atoms with Crippen molar-refractivity contribution in [2.45, 2.75) is 0 Å². The van der Waals surface area contributed by atoms with Crippen LogP contribution in [0.1, 0.15) is 5.56 Å². The molecule has 2 rings (SSSR count). The maximum atomic E-state index is 11.8. The summed E-state index contributed by atoms with van der Waals surface area (Å²) in [6.45, 7) is 1.93. The number of oxime groups is 1. The molecule has 8 nitrogen and oxygen atoms in total. The van der Waals surface area contributed by atoms with Crippen LogP contribution in [0.25, 0.3) is 0 Å². The van der Waals surface area contributed by atoms with E-state index < -0.39 is 6.09 Å². The summed E-state index contributed by atoms with van der Waals surface area (Å²) in [6, 6.07) is 5.04. The number of carbonyl (C=O) groups excluding carboxylic acids is 1. The lowest BCUT2D eigenvalue weighted by molar-refractivity contribution is 0.0279. The predicted octanol–water partition coefficient (Wildman–Crippen LogP) is 0.793. The molecule has 0 aromatic heterocycles. The second kappa shape index (κ2) is 7.51. The third-order valence-electron chi connectivity index (χ3n) is 3.17. The maximum absolute atomic E-state index is 11.8. The first-order valence-electron chi connectivity index (χ1n) is 6.75. The van der Waals surface area contributed by atoms with Gasteiger partial charge in [-0.05, 0) is 18.2 Å². The van der Waals surface area contributed by atoms with Crippen LogP contribution in [0.15, 0.2) is 23.4 Å². The lowest BCUT2D eigenvalue weighted by Crippen LogP contribution is -2.40. The summed E-state index contributed by atoms with van der Waals surface area (Å²) in [5.74, 6) is 1.16. The molecule has 22 heavy (non-hydrogen) atoms. The number of methoxy groups -OCH3 is 2. The third kappa shape index (κ3) is 3.79. The number of nitrogens with two attached hydrogens (primary N) is 1. The summed E-state index contributed by atoms with van der Waals surface area (Å²) in [4.78, 5) is 18.2. The average Bonchev–Trinajstić information content (AvgIpc) is 2.59. The molecule has 1 saturated heterocycles. The van der Waals surface area contributed by atoms with Crippen molar-refractivity contribution in [1.82, 2.24) is 4.90 Å². The molecule has 1 aliphatic rings. The second-order valence-electron chi connectivity index (χ2n) is 4.50. The number of nitrogens with zero attached hydrogens (tertiary/aromatic N) is 2. The van der Waals surface area contributed by atoms with Crippen molar-refractivity contribution >= 4 is 11.9 Å². The summed E-state index contributed by atoms with van der Waals surface area (Å²) < 4.78 is 15.5. The van der Waals surface area contributed by atoms with Crippen molar-refractivity contribution in [3.8, 4) is 11.5 Å². The molecule has 1 aromatic rings. The molecule has 120 valence electrons. The zero-order valence-corrected chi connectivity index (χ0v) is 12.6. The Morgan fingerprint density at radius 3 is 2.55 bits per heavy atom. The van der Waals surface area contributed by atoms with E-state index >= 15 is 0 Å². The number of carbonyl (C=O) groups is 1. The minimum atomic E-state index is -0.549. The van der Waals surface area contributed by atoms with Crippen LogP contribution >= 0.6 is 0 Å². The summed E-state index contributed by atoms with van der Waals surface area (Å²) in [5.41, 5.74) is 6.38. The van der Waals surface area contributed by atoms with Gasteiger partial charge in [-0.15, -0.1) is 0 Å². The van der Waals surface area contributed by atoms with Gasteiger partial charge in [0.05, 0.1) is 27.4 Å². The quantitative estimate of drug-likeness (QED) is 0.382. The van der Waals surface area contributed by atoms with Gasteiger partial charge in [0.15, 0.2) is 17.3 Å². The van der Waals surface area contributed by atoms with E-state index in [1.807, 2.05) is 0 Å². The summed E-state index contributed by atoms with van der Waals surface area (Å²) in [5, 5.41) is 3.67. The molecule has 1 fully saturated rings. The smallest absolute Gasteiger partial charge is 0.436 e. The Morgan fingerprint density at radius 1 is 1.23 bits per heavy atom. The van der Waals surface area contributed by atoms with Crippen molar-refractivity contribution in [2.75, 3.05) is 40.5 Å². The van der Waals surface area contributed by atoms with E-state index in [-0.39, 0.29) is 5.84 Å². The van der Waals surface area contributed by atoms with E-state index in [2.05, 4.69) is 5.16 Å². The molecule has 0 spiro atoms. The molecule has 8 heteroatoms. The highest BCUT2D eigenvalue weighted by Crippen LogP contribution is 2.27. The Hall–Kier alpha value is -2.48. The third-order valence-corrected chi connectivity index (χ3v) is 3.17. The SMILES string of the molecule is COc1ccc(/C(N)=N/OC(=O)N2CCOCC2)cc1OC. The number of hydrogen-bond acceptors (Lipinski definition) is 6. The summed E-state index contributed by atoms with van der Waals surface area (Å²) in [6.07, 6.45) is -0.549. The lowest BCUT2D eigenvalue weighted by Gasteiger charge is -2.24. The molecule has 0 radical (unpaired) electrons. The van der Waals surface area contributed by atoms with Crippen molar-refractivity contribution < 1.29 is 23.8 Å². The fraction of sp³-hybridized carbons (Fsp3) is 0.429. The van der Waals surface area contributed by atoms with Crippen LogP contribution < -0.4 is 15.2 Å². The molecule has 2 N–H and O–H groups in total. The first-order chi connectivity index (χ1) is 10.7. The van der Waals surface area contributed by atoms with Gasteiger partial charge in [0.1, 0.15) is 0 Å². The van der Waals surface area contributed by atoms with Crippen LogP contribution in [0.4, 0.5) is 4.79 Å². The summed E-state index contributed by atoms with van der Waals surface area (Å²) >= 11 is 0. The van der Waals surface area contributed by atoms with Crippen molar-refractivity contribution in [3.05, 3.63) is 23.8 Å². The van der Waals surface area contributed by atoms with Crippen molar-refractivity contribution in [2.24, 2.45) is 10.9 Å². The standard InChI is InChI=1S/C14H19N3O5/c1-19-11-4-3-10(9-12(11)20-2)13(15)16-22-14(18)17-5-7-21-8-6-17/h3-4,9H,5-8H2,1-2H3,(H2,15,16). The van der Waals surface area contributed by atoms with E-state index in [0.717, 1.165) is 0 Å². The zero-order chi connectivity index (χ0) is 15.9. The van der Waals surface area contributed by atoms with Crippen molar-refractivity contribution in [3.63, 3.8) is 0 Å². The second-order valence-corrected chi connectivity index (χ2v) is 4.50. The highest BCUT2D eigenvalue weighted by Gasteiger charge is 2.18. The lowest BCUT2D eigenvalue weighted by atomic mass is 10.2. The number of amidine groups is 1. The average molecular weight is 309 g/mol. The van der Waals surface area contributed by atoms with Gasteiger partial charge >= 0.3 is 6.09 Å². The normalized spacial score (nSPS) is 15.4. The number of benzene rings is 1. The van der Waals surface area contributed by atoms with E-state index in [1.54, 1.807) is 25.3 Å². The first kappa shape index (κ1) is 15.9. The zero-order valence-electron chi connectivity index (χ0n) is 12.6. The monoisotopic (exact) mass is 309 g/mol. The topological polar surface area (TPSA) is 95.6 Å². The van der Waals surface area contributed by atoms with E-state index in [4.69, 9.17) is 24.8 Å². The number of hydrogen-bond donors (Lipinski definition) is 1. The van der Waals surface area contributed by atoms with Gasteiger partial charge in [-0.3, -0.25) is 4.84 Å². The fourth-order valence-electron chi connectivity index (χ4n) is 1.94.